The fraction of sp³-hybridized carbons (Fsp3) is 0.455. The number of methoxy groups -OCH3 is 1. The lowest BCUT2D eigenvalue weighted by atomic mass is 10.2. The minimum atomic E-state index is 0.503. The van der Waals surface area contributed by atoms with Crippen molar-refractivity contribution < 1.29 is 9.47 Å². The highest BCUT2D eigenvalue weighted by atomic mass is 32.2. The quantitative estimate of drug-likeness (QED) is 0.498. The second-order valence-corrected chi connectivity index (χ2v) is 8.13. The van der Waals surface area contributed by atoms with Gasteiger partial charge >= 0.3 is 0 Å². The topological polar surface area (TPSA) is 67.8 Å². The third-order valence-electron chi connectivity index (χ3n) is 4.90. The molecular formula is C22H30N4O2S. The normalized spacial score (nSPS) is 19.1. The van der Waals surface area contributed by atoms with Gasteiger partial charge in [-0.25, -0.2) is 9.98 Å². The van der Waals surface area contributed by atoms with Gasteiger partial charge in [0.25, 0.3) is 0 Å². The first-order valence-corrected chi connectivity index (χ1v) is 11.3. The SMILES string of the molecule is CCNC(=NCc1ccc(Oc2ccc(OC)cc2)nc1)NC1CCC(SC)C1. The molecule has 156 valence electrons. The summed E-state index contributed by atoms with van der Waals surface area (Å²) in [7, 11) is 1.64. The lowest BCUT2D eigenvalue weighted by molar-refractivity contribution is 0.412. The van der Waals surface area contributed by atoms with Gasteiger partial charge in [0.2, 0.25) is 5.88 Å². The Balaban J connectivity index is 1.55. The van der Waals surface area contributed by atoms with Crippen LogP contribution < -0.4 is 20.1 Å². The van der Waals surface area contributed by atoms with Crippen molar-refractivity contribution >= 4 is 17.7 Å². The zero-order valence-corrected chi connectivity index (χ0v) is 18.2. The molecule has 1 heterocycles. The van der Waals surface area contributed by atoms with E-state index < -0.39 is 0 Å². The van der Waals surface area contributed by atoms with Crippen molar-refractivity contribution in [2.45, 2.75) is 44.0 Å². The number of aromatic nitrogens is 1. The predicted octanol–water partition coefficient (Wildman–Crippen LogP) is 4.22. The average Bonchev–Trinajstić information content (AvgIpc) is 3.21. The van der Waals surface area contributed by atoms with Crippen LogP contribution in [0.2, 0.25) is 0 Å². The Kier molecular flexibility index (Phi) is 8.04. The summed E-state index contributed by atoms with van der Waals surface area (Å²) >= 11 is 1.96. The highest BCUT2D eigenvalue weighted by Crippen LogP contribution is 2.28. The summed E-state index contributed by atoms with van der Waals surface area (Å²) in [6.07, 6.45) is 7.68. The molecule has 7 heteroatoms. The van der Waals surface area contributed by atoms with Crippen LogP contribution in [0, 0.1) is 0 Å². The molecule has 1 aliphatic carbocycles. The van der Waals surface area contributed by atoms with E-state index in [1.807, 2.05) is 54.4 Å². The molecule has 2 unspecified atom stereocenters. The molecule has 2 aromatic rings. The van der Waals surface area contributed by atoms with Gasteiger partial charge < -0.3 is 20.1 Å². The number of pyridine rings is 1. The number of nitrogens with one attached hydrogen (secondary N) is 2. The number of benzene rings is 1. The second kappa shape index (κ2) is 11.0. The van der Waals surface area contributed by atoms with E-state index in [-0.39, 0.29) is 0 Å². The Morgan fingerprint density at radius 3 is 2.59 bits per heavy atom. The fourth-order valence-electron chi connectivity index (χ4n) is 3.30. The minimum absolute atomic E-state index is 0.503. The van der Waals surface area contributed by atoms with E-state index in [2.05, 4.69) is 28.8 Å². The molecule has 1 saturated carbocycles. The molecule has 1 aliphatic rings. The Hall–Kier alpha value is -2.41. The predicted molar refractivity (Wildman–Crippen MR) is 120 cm³/mol. The molecule has 0 radical (unpaired) electrons. The highest BCUT2D eigenvalue weighted by Gasteiger charge is 2.24. The van der Waals surface area contributed by atoms with E-state index in [1.165, 1.54) is 19.3 Å². The van der Waals surface area contributed by atoms with Gasteiger partial charge in [-0.1, -0.05) is 6.07 Å². The minimum Gasteiger partial charge on any atom is -0.497 e. The third kappa shape index (κ3) is 6.56. The highest BCUT2D eigenvalue weighted by molar-refractivity contribution is 7.99. The lowest BCUT2D eigenvalue weighted by Gasteiger charge is -2.17. The van der Waals surface area contributed by atoms with E-state index in [4.69, 9.17) is 14.5 Å². The van der Waals surface area contributed by atoms with Crippen LogP contribution in [-0.4, -0.2) is 42.1 Å². The average molecular weight is 415 g/mol. The molecule has 1 aromatic heterocycles. The van der Waals surface area contributed by atoms with Crippen LogP contribution in [0.1, 0.15) is 31.7 Å². The molecule has 3 rings (SSSR count). The monoisotopic (exact) mass is 414 g/mol. The van der Waals surface area contributed by atoms with E-state index in [9.17, 15) is 0 Å². The van der Waals surface area contributed by atoms with E-state index in [0.717, 1.165) is 34.8 Å². The third-order valence-corrected chi connectivity index (χ3v) is 6.00. The second-order valence-electron chi connectivity index (χ2n) is 6.99. The first-order chi connectivity index (χ1) is 14.2. The maximum atomic E-state index is 5.78. The van der Waals surface area contributed by atoms with Crippen molar-refractivity contribution in [3.8, 4) is 17.4 Å². The maximum absolute atomic E-state index is 5.78. The first kappa shape index (κ1) is 21.3. The van der Waals surface area contributed by atoms with Crippen molar-refractivity contribution in [3.05, 3.63) is 48.2 Å². The number of guanidine groups is 1. The van der Waals surface area contributed by atoms with E-state index >= 15 is 0 Å². The van der Waals surface area contributed by atoms with E-state index in [0.29, 0.717) is 18.5 Å². The van der Waals surface area contributed by atoms with Gasteiger partial charge in [-0.15, -0.1) is 0 Å². The standard InChI is InChI=1S/C22H30N4O2S/c1-4-23-22(26-17-6-11-20(13-17)29-3)25-15-16-5-12-21(24-14-16)28-19-9-7-18(27-2)8-10-19/h5,7-10,12,14,17,20H,4,6,11,13,15H2,1-3H3,(H2,23,25,26). The summed E-state index contributed by atoms with van der Waals surface area (Å²) in [5.41, 5.74) is 1.04. The number of hydrogen-bond acceptors (Lipinski definition) is 5. The molecule has 0 aliphatic heterocycles. The van der Waals surface area contributed by atoms with Crippen LogP contribution in [0.15, 0.2) is 47.6 Å². The molecule has 0 spiro atoms. The Morgan fingerprint density at radius 2 is 1.97 bits per heavy atom. The molecule has 0 amide bonds. The number of hydrogen-bond donors (Lipinski definition) is 2. The van der Waals surface area contributed by atoms with Gasteiger partial charge in [0.1, 0.15) is 11.5 Å². The number of thioether (sulfide) groups is 1. The Bertz CT molecular complexity index is 780. The van der Waals surface area contributed by atoms with Gasteiger partial charge in [-0.05, 0) is 62.3 Å². The molecule has 29 heavy (non-hydrogen) atoms. The molecule has 1 fully saturated rings. The summed E-state index contributed by atoms with van der Waals surface area (Å²) in [5, 5.41) is 7.68. The van der Waals surface area contributed by atoms with Gasteiger partial charge in [0, 0.05) is 30.1 Å². The summed E-state index contributed by atoms with van der Waals surface area (Å²) in [6, 6.07) is 11.8. The molecule has 6 nitrogen and oxygen atoms in total. The first-order valence-electron chi connectivity index (χ1n) is 10.0. The van der Waals surface area contributed by atoms with E-state index in [1.54, 1.807) is 7.11 Å². The molecular weight excluding hydrogens is 384 g/mol. The van der Waals surface area contributed by atoms with Crippen LogP contribution >= 0.6 is 11.8 Å². The van der Waals surface area contributed by atoms with Crippen molar-refractivity contribution in [2.75, 3.05) is 19.9 Å². The number of ether oxygens (including phenoxy) is 2. The summed E-state index contributed by atoms with van der Waals surface area (Å²) < 4.78 is 10.9. The number of aliphatic imine (C=N–C) groups is 1. The zero-order chi connectivity index (χ0) is 20.5. The largest absolute Gasteiger partial charge is 0.497 e. The lowest BCUT2D eigenvalue weighted by Crippen LogP contribution is -2.42. The van der Waals surface area contributed by atoms with Crippen LogP contribution in [0.5, 0.6) is 17.4 Å². The zero-order valence-electron chi connectivity index (χ0n) is 17.4. The van der Waals surface area contributed by atoms with Crippen molar-refractivity contribution in [2.24, 2.45) is 4.99 Å². The number of nitrogens with zero attached hydrogens (tertiary/aromatic N) is 2. The van der Waals surface area contributed by atoms with Crippen LogP contribution in [0.4, 0.5) is 0 Å². The molecule has 1 aromatic carbocycles. The molecule has 0 saturated heterocycles. The van der Waals surface area contributed by atoms with Crippen molar-refractivity contribution in [1.82, 2.24) is 15.6 Å². The summed E-state index contributed by atoms with van der Waals surface area (Å²) in [5.74, 6) is 2.95. The maximum Gasteiger partial charge on any atom is 0.219 e. The van der Waals surface area contributed by atoms with Crippen LogP contribution in [0.3, 0.4) is 0 Å². The molecule has 2 atom stereocenters. The van der Waals surface area contributed by atoms with Crippen LogP contribution in [0.25, 0.3) is 0 Å². The van der Waals surface area contributed by atoms with Gasteiger partial charge in [0.05, 0.1) is 13.7 Å². The number of rotatable bonds is 8. The van der Waals surface area contributed by atoms with Crippen molar-refractivity contribution in [1.29, 1.82) is 0 Å². The van der Waals surface area contributed by atoms with Crippen molar-refractivity contribution in [3.63, 3.8) is 0 Å². The summed E-state index contributed by atoms with van der Waals surface area (Å²) in [4.78, 5) is 9.12. The summed E-state index contributed by atoms with van der Waals surface area (Å²) in [6.45, 7) is 3.50. The van der Waals surface area contributed by atoms with Crippen LogP contribution in [-0.2, 0) is 6.54 Å². The van der Waals surface area contributed by atoms with Gasteiger partial charge in [-0.2, -0.15) is 11.8 Å². The van der Waals surface area contributed by atoms with Gasteiger partial charge in [-0.3, -0.25) is 0 Å². The molecule has 2 N–H and O–H groups in total. The molecule has 0 bridgehead atoms. The fourth-order valence-corrected chi connectivity index (χ4v) is 4.09. The Morgan fingerprint density at radius 1 is 1.17 bits per heavy atom. The Labute approximate surface area is 177 Å². The van der Waals surface area contributed by atoms with Gasteiger partial charge in [0.15, 0.2) is 5.96 Å². The smallest absolute Gasteiger partial charge is 0.219 e.